The first-order chi connectivity index (χ1) is 9.41. The number of hydrogen-bond donors (Lipinski definition) is 1. The fourth-order valence-electron chi connectivity index (χ4n) is 2.22. The van der Waals surface area contributed by atoms with Crippen LogP contribution in [0.4, 0.5) is 0 Å². The van der Waals surface area contributed by atoms with Gasteiger partial charge in [0.1, 0.15) is 11.5 Å². The molecule has 2 nitrogen and oxygen atoms in total. The zero-order valence-corrected chi connectivity index (χ0v) is 12.7. The van der Waals surface area contributed by atoms with Crippen LogP contribution in [0.2, 0.25) is 0 Å². The van der Waals surface area contributed by atoms with Crippen LogP contribution in [0.1, 0.15) is 37.5 Å². The highest BCUT2D eigenvalue weighted by molar-refractivity contribution is 5.45. The normalized spacial score (nSPS) is 11.4. The van der Waals surface area contributed by atoms with E-state index in [9.17, 15) is 0 Å². The van der Waals surface area contributed by atoms with Gasteiger partial charge in [-0.05, 0) is 30.0 Å². The van der Waals surface area contributed by atoms with Gasteiger partial charge in [-0.25, -0.2) is 0 Å². The third-order valence-corrected chi connectivity index (χ3v) is 3.36. The average Bonchev–Trinajstić information content (AvgIpc) is 2.38. The molecule has 0 fully saturated rings. The summed E-state index contributed by atoms with van der Waals surface area (Å²) in [6, 6.07) is 14.3. The van der Waals surface area contributed by atoms with Crippen LogP contribution < -0.4 is 10.5 Å². The lowest BCUT2D eigenvalue weighted by atomic mass is 9.86. The Morgan fingerprint density at radius 1 is 1.00 bits per heavy atom. The minimum atomic E-state index is 0.0424. The van der Waals surface area contributed by atoms with Gasteiger partial charge in [0.2, 0.25) is 0 Å². The first-order valence-corrected chi connectivity index (χ1v) is 6.99. The second-order valence-corrected chi connectivity index (χ2v) is 6.16. The van der Waals surface area contributed by atoms with E-state index in [1.165, 1.54) is 11.1 Å². The topological polar surface area (TPSA) is 35.2 Å². The Labute approximate surface area is 121 Å². The van der Waals surface area contributed by atoms with Crippen molar-refractivity contribution in [1.29, 1.82) is 0 Å². The summed E-state index contributed by atoms with van der Waals surface area (Å²) >= 11 is 0. The van der Waals surface area contributed by atoms with Crippen LogP contribution in [0.25, 0.3) is 0 Å². The van der Waals surface area contributed by atoms with Crippen LogP contribution in [0, 0.1) is 6.92 Å². The molecule has 2 rings (SSSR count). The molecule has 2 heteroatoms. The summed E-state index contributed by atoms with van der Waals surface area (Å²) in [5, 5.41) is 0. The Kier molecular flexibility index (Phi) is 4.15. The van der Waals surface area contributed by atoms with Gasteiger partial charge in [0.25, 0.3) is 0 Å². The van der Waals surface area contributed by atoms with E-state index in [1.807, 2.05) is 24.3 Å². The monoisotopic (exact) mass is 269 g/mol. The maximum absolute atomic E-state index is 6.16. The summed E-state index contributed by atoms with van der Waals surface area (Å²) in [5.74, 6) is 1.75. The van der Waals surface area contributed by atoms with Crippen molar-refractivity contribution in [2.24, 2.45) is 5.73 Å². The van der Waals surface area contributed by atoms with E-state index in [0.717, 1.165) is 17.1 Å². The van der Waals surface area contributed by atoms with E-state index in [4.69, 9.17) is 10.5 Å². The van der Waals surface area contributed by atoms with Gasteiger partial charge in [-0.2, -0.15) is 0 Å². The second kappa shape index (κ2) is 5.68. The Hall–Kier alpha value is -1.80. The molecule has 2 N–H and O–H groups in total. The van der Waals surface area contributed by atoms with E-state index < -0.39 is 0 Å². The number of aryl methyl sites for hydroxylation is 1. The van der Waals surface area contributed by atoms with Crippen molar-refractivity contribution < 1.29 is 4.74 Å². The van der Waals surface area contributed by atoms with E-state index >= 15 is 0 Å². The van der Waals surface area contributed by atoms with Crippen molar-refractivity contribution in [3.8, 4) is 11.5 Å². The predicted octanol–water partition coefficient (Wildman–Crippen LogP) is 4.54. The molecule has 0 saturated carbocycles. The summed E-state index contributed by atoms with van der Waals surface area (Å²) in [6.45, 7) is 9.14. The lowest BCUT2D eigenvalue weighted by molar-refractivity contribution is 0.450. The number of rotatable bonds is 3. The van der Waals surface area contributed by atoms with Crippen LogP contribution >= 0.6 is 0 Å². The minimum Gasteiger partial charge on any atom is -0.457 e. The molecule has 0 aromatic heterocycles. The fourth-order valence-corrected chi connectivity index (χ4v) is 2.22. The highest BCUT2D eigenvalue weighted by atomic mass is 16.5. The van der Waals surface area contributed by atoms with Crippen molar-refractivity contribution in [3.63, 3.8) is 0 Å². The van der Waals surface area contributed by atoms with E-state index in [1.54, 1.807) is 0 Å². The van der Waals surface area contributed by atoms with E-state index in [2.05, 4.69) is 45.9 Å². The molecule has 2 aromatic carbocycles. The molecular weight excluding hydrogens is 246 g/mol. The number of nitrogens with two attached hydrogens (primary N) is 1. The summed E-state index contributed by atoms with van der Waals surface area (Å²) in [7, 11) is 0. The second-order valence-electron chi connectivity index (χ2n) is 6.16. The zero-order valence-electron chi connectivity index (χ0n) is 12.7. The Bertz CT molecular complexity index is 597. The van der Waals surface area contributed by atoms with Gasteiger partial charge in [-0.3, -0.25) is 0 Å². The van der Waals surface area contributed by atoms with Crippen molar-refractivity contribution in [2.45, 2.75) is 39.7 Å². The summed E-state index contributed by atoms with van der Waals surface area (Å²) in [4.78, 5) is 0. The lowest BCUT2D eigenvalue weighted by Crippen LogP contribution is -2.13. The van der Waals surface area contributed by atoms with Gasteiger partial charge in [-0.15, -0.1) is 0 Å². The summed E-state index contributed by atoms with van der Waals surface area (Å²) in [5.41, 5.74) is 9.24. The van der Waals surface area contributed by atoms with Gasteiger partial charge in [0.15, 0.2) is 0 Å². The molecule has 0 aliphatic carbocycles. The predicted molar refractivity (Wildman–Crippen MR) is 84.3 cm³/mol. The van der Waals surface area contributed by atoms with Crippen LogP contribution in [0.3, 0.4) is 0 Å². The maximum Gasteiger partial charge on any atom is 0.131 e. The third kappa shape index (κ3) is 3.20. The fraction of sp³-hybridized carbons (Fsp3) is 0.333. The molecule has 0 unspecified atom stereocenters. The lowest BCUT2D eigenvalue weighted by Gasteiger charge is -2.23. The average molecular weight is 269 g/mol. The van der Waals surface area contributed by atoms with Crippen LogP contribution in [-0.4, -0.2) is 0 Å². The van der Waals surface area contributed by atoms with Gasteiger partial charge in [0, 0.05) is 17.7 Å². The highest BCUT2D eigenvalue weighted by Crippen LogP contribution is 2.35. The summed E-state index contributed by atoms with van der Waals surface area (Å²) < 4.78 is 6.16. The van der Waals surface area contributed by atoms with Crippen LogP contribution in [0.5, 0.6) is 11.5 Å². The number of para-hydroxylation sites is 1. The van der Waals surface area contributed by atoms with Crippen molar-refractivity contribution >= 4 is 0 Å². The molecule has 20 heavy (non-hydrogen) atoms. The molecule has 106 valence electrons. The number of benzene rings is 2. The quantitative estimate of drug-likeness (QED) is 0.887. The minimum absolute atomic E-state index is 0.0424. The largest absolute Gasteiger partial charge is 0.457 e. The number of hydrogen-bond acceptors (Lipinski definition) is 2. The van der Waals surface area contributed by atoms with E-state index in [-0.39, 0.29) is 5.41 Å². The smallest absolute Gasteiger partial charge is 0.131 e. The molecule has 0 radical (unpaired) electrons. The van der Waals surface area contributed by atoms with Gasteiger partial charge in [0.05, 0.1) is 0 Å². The molecule has 0 aliphatic heterocycles. The SMILES string of the molecule is Cc1ccc(C(C)(C)C)c(Oc2ccccc2CN)c1. The molecule has 0 saturated heterocycles. The van der Waals surface area contributed by atoms with Crippen molar-refractivity contribution in [2.75, 3.05) is 0 Å². The summed E-state index contributed by atoms with van der Waals surface area (Å²) in [6.07, 6.45) is 0. The molecule has 0 amide bonds. The molecule has 0 spiro atoms. The van der Waals surface area contributed by atoms with Crippen molar-refractivity contribution in [1.82, 2.24) is 0 Å². The zero-order chi connectivity index (χ0) is 14.8. The maximum atomic E-state index is 6.16. The molecule has 2 aromatic rings. The molecule has 0 heterocycles. The van der Waals surface area contributed by atoms with Crippen LogP contribution in [0.15, 0.2) is 42.5 Å². The molecule has 0 atom stereocenters. The van der Waals surface area contributed by atoms with Gasteiger partial charge in [-0.1, -0.05) is 51.1 Å². The molecular formula is C18H23NO. The first kappa shape index (κ1) is 14.6. The van der Waals surface area contributed by atoms with E-state index in [0.29, 0.717) is 6.54 Å². The third-order valence-electron chi connectivity index (χ3n) is 3.36. The number of ether oxygens (including phenoxy) is 1. The van der Waals surface area contributed by atoms with Gasteiger partial charge < -0.3 is 10.5 Å². The molecule has 0 aliphatic rings. The standard InChI is InChI=1S/C18H23NO/c1-13-9-10-15(18(2,3)4)17(11-13)20-16-8-6-5-7-14(16)12-19/h5-11H,12,19H2,1-4H3. The molecule has 0 bridgehead atoms. The Balaban J connectivity index is 2.45. The van der Waals surface area contributed by atoms with Crippen molar-refractivity contribution in [3.05, 3.63) is 59.2 Å². The van der Waals surface area contributed by atoms with Gasteiger partial charge >= 0.3 is 0 Å². The Morgan fingerprint density at radius 2 is 1.70 bits per heavy atom. The Morgan fingerprint density at radius 3 is 2.35 bits per heavy atom. The first-order valence-electron chi connectivity index (χ1n) is 6.99. The van der Waals surface area contributed by atoms with Crippen LogP contribution in [-0.2, 0) is 12.0 Å². The highest BCUT2D eigenvalue weighted by Gasteiger charge is 2.19.